The molecule has 4 aromatic rings. The Morgan fingerprint density at radius 1 is 0.867 bits per heavy atom. The molecule has 1 aromatic heterocycles. The van der Waals surface area contributed by atoms with Crippen LogP contribution >= 0.6 is 0 Å². The van der Waals surface area contributed by atoms with Gasteiger partial charge in [0, 0.05) is 24.5 Å². The molecule has 0 fully saturated rings. The van der Waals surface area contributed by atoms with Crippen LogP contribution in [-0.2, 0) is 9.84 Å². The van der Waals surface area contributed by atoms with Crippen molar-refractivity contribution in [3.63, 3.8) is 0 Å². The van der Waals surface area contributed by atoms with Gasteiger partial charge >= 0.3 is 0 Å². The molecule has 5 nitrogen and oxygen atoms in total. The Labute approximate surface area is 175 Å². The summed E-state index contributed by atoms with van der Waals surface area (Å²) < 4.78 is 26.6. The largest absolute Gasteiger partial charge is 0.350 e. The summed E-state index contributed by atoms with van der Waals surface area (Å²) in [6.45, 7) is -0.0645. The van der Waals surface area contributed by atoms with Gasteiger partial charge in [0.05, 0.1) is 4.90 Å². The Kier molecular flexibility index (Phi) is 5.59. The van der Waals surface area contributed by atoms with E-state index in [2.05, 4.69) is 10.3 Å². The highest BCUT2D eigenvalue weighted by atomic mass is 32.2. The van der Waals surface area contributed by atoms with Crippen molar-refractivity contribution in [3.8, 4) is 0 Å². The van der Waals surface area contributed by atoms with Crippen molar-refractivity contribution in [1.82, 2.24) is 10.3 Å². The van der Waals surface area contributed by atoms with E-state index in [1.165, 1.54) is 6.20 Å². The molecule has 0 aliphatic rings. The monoisotopic (exact) mass is 416 g/mol. The van der Waals surface area contributed by atoms with Crippen molar-refractivity contribution in [3.05, 3.63) is 108 Å². The SMILES string of the molecule is O=C(NCC(c1cccnc1)S(=O)(=O)c1ccccc1)c1cccc2ccccc12. The van der Waals surface area contributed by atoms with Gasteiger partial charge in [-0.05, 0) is 40.6 Å². The Balaban J connectivity index is 1.65. The number of fused-ring (bicyclic) bond motifs is 1. The number of carbonyl (C=O) groups is 1. The third kappa shape index (κ3) is 3.95. The summed E-state index contributed by atoms with van der Waals surface area (Å²) in [4.78, 5) is 17.2. The number of hydrogen-bond acceptors (Lipinski definition) is 4. The molecule has 3 aromatic carbocycles. The Morgan fingerprint density at radius 2 is 1.60 bits per heavy atom. The Bertz CT molecular complexity index is 1270. The first-order chi connectivity index (χ1) is 14.6. The van der Waals surface area contributed by atoms with Gasteiger partial charge in [0.15, 0.2) is 9.84 Å². The molecule has 1 amide bonds. The summed E-state index contributed by atoms with van der Waals surface area (Å²) in [5.74, 6) is -0.316. The van der Waals surface area contributed by atoms with Crippen molar-refractivity contribution in [2.24, 2.45) is 0 Å². The molecule has 0 saturated heterocycles. The number of hydrogen-bond donors (Lipinski definition) is 1. The predicted octanol–water partition coefficient (Wildman–Crippen LogP) is 4.18. The standard InChI is InChI=1S/C24H20N2O3S/c27-24(22-14-6-9-18-8-4-5-13-21(18)22)26-17-23(19-10-7-15-25-16-19)30(28,29)20-11-2-1-3-12-20/h1-16,23H,17H2,(H,26,27). The fourth-order valence-electron chi connectivity index (χ4n) is 3.45. The van der Waals surface area contributed by atoms with E-state index >= 15 is 0 Å². The summed E-state index contributed by atoms with van der Waals surface area (Å²) in [6.07, 6.45) is 3.11. The number of aromatic nitrogens is 1. The molecule has 150 valence electrons. The van der Waals surface area contributed by atoms with E-state index in [0.717, 1.165) is 10.8 Å². The third-order valence-corrected chi connectivity index (χ3v) is 7.10. The molecule has 1 unspecified atom stereocenters. The number of carbonyl (C=O) groups excluding carboxylic acids is 1. The fourth-order valence-corrected chi connectivity index (χ4v) is 5.12. The molecule has 0 aliphatic carbocycles. The quantitative estimate of drug-likeness (QED) is 0.512. The molecule has 0 bridgehead atoms. The van der Waals surface area contributed by atoms with E-state index in [-0.39, 0.29) is 17.3 Å². The van der Waals surface area contributed by atoms with Crippen LogP contribution in [0.2, 0.25) is 0 Å². The van der Waals surface area contributed by atoms with Crippen LogP contribution in [0.15, 0.2) is 102 Å². The van der Waals surface area contributed by atoms with Gasteiger partial charge in [-0.2, -0.15) is 0 Å². The van der Waals surface area contributed by atoms with Gasteiger partial charge < -0.3 is 5.32 Å². The highest BCUT2D eigenvalue weighted by Gasteiger charge is 2.30. The maximum atomic E-state index is 13.3. The van der Waals surface area contributed by atoms with Gasteiger partial charge in [-0.15, -0.1) is 0 Å². The van der Waals surface area contributed by atoms with Gasteiger partial charge in [0.2, 0.25) is 0 Å². The summed E-state index contributed by atoms with van der Waals surface area (Å²) in [5.41, 5.74) is 1.04. The number of nitrogens with zero attached hydrogens (tertiary/aromatic N) is 1. The Hall–Kier alpha value is -3.51. The molecule has 30 heavy (non-hydrogen) atoms. The predicted molar refractivity (Wildman–Crippen MR) is 117 cm³/mol. The normalized spacial score (nSPS) is 12.4. The average Bonchev–Trinajstić information content (AvgIpc) is 2.80. The summed E-state index contributed by atoms with van der Waals surface area (Å²) in [7, 11) is -3.73. The molecule has 0 radical (unpaired) electrons. The van der Waals surface area contributed by atoms with Crippen molar-refractivity contribution in [1.29, 1.82) is 0 Å². The first-order valence-corrected chi connectivity index (χ1v) is 11.1. The van der Waals surface area contributed by atoms with E-state index in [1.54, 1.807) is 54.7 Å². The van der Waals surface area contributed by atoms with Gasteiger partial charge in [-0.25, -0.2) is 8.42 Å². The lowest BCUT2D eigenvalue weighted by Gasteiger charge is -2.19. The first-order valence-electron chi connectivity index (χ1n) is 9.52. The molecule has 0 spiro atoms. The smallest absolute Gasteiger partial charge is 0.251 e. The van der Waals surface area contributed by atoms with Crippen molar-refractivity contribution in [2.75, 3.05) is 6.54 Å². The van der Waals surface area contributed by atoms with E-state index in [4.69, 9.17) is 0 Å². The van der Waals surface area contributed by atoms with Crippen LogP contribution in [0.5, 0.6) is 0 Å². The van der Waals surface area contributed by atoms with E-state index < -0.39 is 15.1 Å². The molecule has 0 saturated carbocycles. The number of rotatable bonds is 6. The highest BCUT2D eigenvalue weighted by molar-refractivity contribution is 7.91. The van der Waals surface area contributed by atoms with Crippen LogP contribution < -0.4 is 5.32 Å². The summed E-state index contributed by atoms with van der Waals surface area (Å²) in [5, 5.41) is 3.64. The molecule has 1 atom stereocenters. The third-order valence-electron chi connectivity index (χ3n) is 4.98. The van der Waals surface area contributed by atoms with E-state index in [0.29, 0.717) is 11.1 Å². The van der Waals surface area contributed by atoms with Crippen molar-refractivity contribution >= 4 is 26.5 Å². The van der Waals surface area contributed by atoms with E-state index in [9.17, 15) is 13.2 Å². The molecule has 6 heteroatoms. The van der Waals surface area contributed by atoms with E-state index in [1.807, 2.05) is 36.4 Å². The number of benzene rings is 3. The van der Waals surface area contributed by atoms with Crippen LogP contribution in [0.1, 0.15) is 21.2 Å². The van der Waals surface area contributed by atoms with Crippen LogP contribution in [0.3, 0.4) is 0 Å². The van der Waals surface area contributed by atoms with Crippen LogP contribution in [0.25, 0.3) is 10.8 Å². The number of pyridine rings is 1. The molecule has 4 rings (SSSR count). The number of sulfone groups is 1. The lowest BCUT2D eigenvalue weighted by molar-refractivity contribution is 0.0955. The minimum Gasteiger partial charge on any atom is -0.350 e. The second-order valence-electron chi connectivity index (χ2n) is 6.87. The number of nitrogens with one attached hydrogen (secondary N) is 1. The van der Waals surface area contributed by atoms with Gasteiger partial charge in [-0.3, -0.25) is 9.78 Å². The molecule has 1 N–H and O–H groups in total. The van der Waals surface area contributed by atoms with Gasteiger partial charge in [0.1, 0.15) is 5.25 Å². The fraction of sp³-hybridized carbons (Fsp3) is 0.0833. The lowest BCUT2D eigenvalue weighted by atomic mass is 10.0. The minimum absolute atomic E-state index is 0.0645. The molecule has 1 heterocycles. The Morgan fingerprint density at radius 3 is 2.37 bits per heavy atom. The van der Waals surface area contributed by atoms with Crippen LogP contribution in [0.4, 0.5) is 0 Å². The summed E-state index contributed by atoms with van der Waals surface area (Å²) >= 11 is 0. The number of amides is 1. The van der Waals surface area contributed by atoms with Gasteiger partial charge in [0.25, 0.3) is 5.91 Å². The second kappa shape index (κ2) is 8.47. The minimum atomic E-state index is -3.73. The average molecular weight is 417 g/mol. The van der Waals surface area contributed by atoms with Crippen LogP contribution in [0, 0.1) is 0 Å². The topological polar surface area (TPSA) is 76.1 Å². The van der Waals surface area contributed by atoms with Gasteiger partial charge in [-0.1, -0.05) is 60.7 Å². The zero-order valence-corrected chi connectivity index (χ0v) is 16.9. The molecular formula is C24H20N2O3S. The lowest BCUT2D eigenvalue weighted by Crippen LogP contribution is -2.32. The zero-order chi connectivity index (χ0) is 21.0. The maximum Gasteiger partial charge on any atom is 0.251 e. The maximum absolute atomic E-state index is 13.3. The highest BCUT2D eigenvalue weighted by Crippen LogP contribution is 2.28. The molecular weight excluding hydrogens is 396 g/mol. The second-order valence-corrected chi connectivity index (χ2v) is 9.00. The summed E-state index contributed by atoms with van der Waals surface area (Å²) in [6, 6.07) is 24.7. The zero-order valence-electron chi connectivity index (χ0n) is 16.1. The van der Waals surface area contributed by atoms with Crippen molar-refractivity contribution < 1.29 is 13.2 Å². The van der Waals surface area contributed by atoms with Crippen molar-refractivity contribution in [2.45, 2.75) is 10.1 Å². The van der Waals surface area contributed by atoms with Crippen LogP contribution in [-0.4, -0.2) is 25.9 Å². The molecule has 0 aliphatic heterocycles. The first kappa shape index (κ1) is 19.8.